The Balaban J connectivity index is 2.30. The molecule has 0 N–H and O–H groups in total. The second-order valence-corrected chi connectivity index (χ2v) is 3.88. The summed E-state index contributed by atoms with van der Waals surface area (Å²) in [6.07, 6.45) is 3.34. The summed E-state index contributed by atoms with van der Waals surface area (Å²) < 4.78 is 10.1. The highest BCUT2D eigenvalue weighted by Crippen LogP contribution is 2.19. The fourth-order valence-electron chi connectivity index (χ4n) is 1.07. The second kappa shape index (κ2) is 4.44. The smallest absolute Gasteiger partial charge is 0.392 e. The van der Waals surface area contributed by atoms with E-state index in [9.17, 15) is 4.79 Å². The number of nitrogens with zero attached hydrogens (tertiary/aromatic N) is 1. The van der Waals surface area contributed by atoms with Crippen LogP contribution in [0.25, 0.3) is 0 Å². The van der Waals surface area contributed by atoms with E-state index in [4.69, 9.17) is 9.47 Å². The molecule has 80 valence electrons. The van der Waals surface area contributed by atoms with Crippen LogP contribution in [0.1, 0.15) is 40.0 Å². The number of unbranched alkanes of at least 4 members (excludes halogenated alkanes) is 2. The minimum Gasteiger partial charge on any atom is -0.450 e. The van der Waals surface area contributed by atoms with E-state index in [1.165, 1.54) is 0 Å². The summed E-state index contributed by atoms with van der Waals surface area (Å²) >= 11 is 0. The summed E-state index contributed by atoms with van der Waals surface area (Å²) in [5, 5.41) is 0. The number of esters is 1. The molecule has 0 unspecified atom stereocenters. The third-order valence-electron chi connectivity index (χ3n) is 2.02. The van der Waals surface area contributed by atoms with Crippen LogP contribution in [0.3, 0.4) is 0 Å². The topological polar surface area (TPSA) is 47.9 Å². The van der Waals surface area contributed by atoms with Crippen LogP contribution in [0.4, 0.5) is 0 Å². The van der Waals surface area contributed by atoms with Crippen molar-refractivity contribution < 1.29 is 14.3 Å². The summed E-state index contributed by atoms with van der Waals surface area (Å²) in [4.78, 5) is 15.2. The summed E-state index contributed by atoms with van der Waals surface area (Å²) in [7, 11) is 0. The van der Waals surface area contributed by atoms with Gasteiger partial charge in [-0.15, -0.1) is 0 Å². The average molecular weight is 199 g/mol. The van der Waals surface area contributed by atoms with Gasteiger partial charge in [-0.3, -0.25) is 0 Å². The van der Waals surface area contributed by atoms with E-state index in [1.807, 2.05) is 0 Å². The van der Waals surface area contributed by atoms with E-state index in [1.54, 1.807) is 13.8 Å². The van der Waals surface area contributed by atoms with Crippen LogP contribution in [0.15, 0.2) is 4.99 Å². The van der Waals surface area contributed by atoms with Gasteiger partial charge in [-0.1, -0.05) is 19.8 Å². The molecule has 1 aliphatic rings. The monoisotopic (exact) mass is 199 g/mol. The predicted molar refractivity (Wildman–Crippen MR) is 53.1 cm³/mol. The minimum absolute atomic E-state index is 0.121. The molecular formula is C10H17NO3. The molecule has 1 aliphatic heterocycles. The van der Waals surface area contributed by atoms with E-state index >= 15 is 0 Å². The zero-order chi connectivity index (χ0) is 10.6. The normalized spacial score (nSPS) is 19.1. The maximum atomic E-state index is 11.2. The maximum Gasteiger partial charge on any atom is 0.392 e. The highest BCUT2D eigenvalue weighted by atomic mass is 16.7. The van der Waals surface area contributed by atoms with Crippen LogP contribution in [-0.2, 0) is 14.3 Å². The van der Waals surface area contributed by atoms with Crippen molar-refractivity contribution in [2.45, 2.75) is 45.6 Å². The van der Waals surface area contributed by atoms with Crippen molar-refractivity contribution in [2.24, 2.45) is 4.99 Å². The second-order valence-electron chi connectivity index (χ2n) is 3.88. The van der Waals surface area contributed by atoms with Gasteiger partial charge in [0, 0.05) is 0 Å². The van der Waals surface area contributed by atoms with Gasteiger partial charge in [0.25, 0.3) is 0 Å². The maximum absolute atomic E-state index is 11.2. The SMILES string of the molecule is CCCCCOC1=NC(C)(C)C(=O)O1. The third-order valence-corrected chi connectivity index (χ3v) is 2.02. The Bertz CT molecular complexity index is 246. The van der Waals surface area contributed by atoms with Crippen molar-refractivity contribution in [3.05, 3.63) is 0 Å². The van der Waals surface area contributed by atoms with Crippen LogP contribution in [0.2, 0.25) is 0 Å². The summed E-state index contributed by atoms with van der Waals surface area (Å²) in [5.74, 6) is -0.344. The first-order valence-corrected chi connectivity index (χ1v) is 5.01. The van der Waals surface area contributed by atoms with Crippen LogP contribution in [0, 0.1) is 0 Å². The van der Waals surface area contributed by atoms with Crippen molar-refractivity contribution >= 4 is 12.1 Å². The van der Waals surface area contributed by atoms with Crippen molar-refractivity contribution in [3.63, 3.8) is 0 Å². The molecule has 4 nitrogen and oxygen atoms in total. The molecule has 1 rings (SSSR count). The number of ether oxygens (including phenoxy) is 2. The standard InChI is InChI=1S/C10H17NO3/c1-4-5-6-7-13-9-11-10(2,3)8(12)14-9/h4-7H2,1-3H3. The number of hydrogen-bond donors (Lipinski definition) is 0. The molecule has 0 bridgehead atoms. The minimum atomic E-state index is -0.778. The molecule has 4 heteroatoms. The predicted octanol–water partition coefficient (Wildman–Crippen LogP) is 1.88. The van der Waals surface area contributed by atoms with Crippen LogP contribution in [0.5, 0.6) is 0 Å². The lowest BCUT2D eigenvalue weighted by Crippen LogP contribution is -2.25. The zero-order valence-corrected chi connectivity index (χ0v) is 9.00. The van der Waals surface area contributed by atoms with Crippen LogP contribution in [-0.4, -0.2) is 24.2 Å². The quantitative estimate of drug-likeness (QED) is 0.513. The van der Waals surface area contributed by atoms with Gasteiger partial charge in [0.15, 0.2) is 5.54 Å². The number of carbonyl (C=O) groups excluding carboxylic acids is 1. The molecule has 0 aromatic carbocycles. The van der Waals surface area contributed by atoms with Crippen LogP contribution < -0.4 is 0 Å². The summed E-state index contributed by atoms with van der Waals surface area (Å²) in [6.45, 7) is 6.10. The van der Waals surface area contributed by atoms with Gasteiger partial charge >= 0.3 is 12.1 Å². The fourth-order valence-corrected chi connectivity index (χ4v) is 1.07. The van der Waals surface area contributed by atoms with E-state index in [2.05, 4.69) is 11.9 Å². The Kier molecular flexibility index (Phi) is 3.49. The summed E-state index contributed by atoms with van der Waals surface area (Å²) in [5.41, 5.74) is -0.778. The number of rotatable bonds is 4. The lowest BCUT2D eigenvalue weighted by atomic mass is 10.1. The van der Waals surface area contributed by atoms with Gasteiger partial charge in [-0.05, 0) is 20.3 Å². The molecule has 0 saturated heterocycles. The highest BCUT2D eigenvalue weighted by molar-refractivity contribution is 5.96. The molecule has 0 aromatic heterocycles. The molecule has 0 spiro atoms. The molecule has 0 radical (unpaired) electrons. The molecule has 0 fully saturated rings. The van der Waals surface area contributed by atoms with Gasteiger partial charge in [-0.2, -0.15) is 4.99 Å². The van der Waals surface area contributed by atoms with Gasteiger partial charge in [0.1, 0.15) is 0 Å². The first-order valence-electron chi connectivity index (χ1n) is 5.01. The highest BCUT2D eigenvalue weighted by Gasteiger charge is 2.38. The zero-order valence-electron chi connectivity index (χ0n) is 9.00. The Labute approximate surface area is 84.3 Å². The first-order chi connectivity index (χ1) is 6.56. The Hall–Kier alpha value is -1.06. The number of hydrogen-bond acceptors (Lipinski definition) is 4. The lowest BCUT2D eigenvalue weighted by molar-refractivity contribution is -0.139. The van der Waals surface area contributed by atoms with Crippen LogP contribution >= 0.6 is 0 Å². The van der Waals surface area contributed by atoms with Gasteiger partial charge in [0.2, 0.25) is 0 Å². The van der Waals surface area contributed by atoms with E-state index in [-0.39, 0.29) is 12.1 Å². The van der Waals surface area contributed by atoms with Crippen molar-refractivity contribution in [1.29, 1.82) is 0 Å². The van der Waals surface area contributed by atoms with Crippen molar-refractivity contribution in [2.75, 3.05) is 6.61 Å². The average Bonchev–Trinajstić information content (AvgIpc) is 2.35. The molecule has 1 heterocycles. The van der Waals surface area contributed by atoms with Crippen molar-refractivity contribution in [1.82, 2.24) is 0 Å². The van der Waals surface area contributed by atoms with Crippen molar-refractivity contribution in [3.8, 4) is 0 Å². The molecule has 0 aromatic rings. The molecule has 0 aliphatic carbocycles. The van der Waals surface area contributed by atoms with E-state index in [0.29, 0.717) is 6.61 Å². The fraction of sp³-hybridized carbons (Fsp3) is 0.800. The molecule has 14 heavy (non-hydrogen) atoms. The molecule has 0 atom stereocenters. The first kappa shape index (κ1) is 11.0. The Morgan fingerprint density at radius 3 is 2.64 bits per heavy atom. The van der Waals surface area contributed by atoms with Gasteiger partial charge in [-0.25, -0.2) is 4.79 Å². The van der Waals surface area contributed by atoms with E-state index < -0.39 is 5.54 Å². The Morgan fingerprint density at radius 2 is 2.14 bits per heavy atom. The lowest BCUT2D eigenvalue weighted by Gasteiger charge is -2.04. The Morgan fingerprint density at radius 1 is 1.43 bits per heavy atom. The largest absolute Gasteiger partial charge is 0.450 e. The van der Waals surface area contributed by atoms with Gasteiger partial charge < -0.3 is 9.47 Å². The number of carbonyl (C=O) groups is 1. The third kappa shape index (κ3) is 2.72. The van der Waals surface area contributed by atoms with Gasteiger partial charge in [0.05, 0.1) is 6.61 Å². The molecular weight excluding hydrogens is 182 g/mol. The molecule has 0 saturated carbocycles. The number of aliphatic imine (C=N–C) groups is 1. The van der Waals surface area contributed by atoms with E-state index in [0.717, 1.165) is 19.3 Å². The molecule has 0 amide bonds. The number of cyclic esters (lactones) is 1. The summed E-state index contributed by atoms with van der Waals surface area (Å²) in [6, 6.07) is 0.